The van der Waals surface area contributed by atoms with Gasteiger partial charge in [-0.15, -0.1) is 0 Å². The van der Waals surface area contributed by atoms with Gasteiger partial charge in [0.15, 0.2) is 0 Å². The highest BCUT2D eigenvalue weighted by Crippen LogP contribution is 2.07. The summed E-state index contributed by atoms with van der Waals surface area (Å²) in [6.07, 6.45) is 10.6. The third kappa shape index (κ3) is 5.45. The fourth-order valence-electron chi connectivity index (χ4n) is 1.44. The summed E-state index contributed by atoms with van der Waals surface area (Å²) in [6.45, 7) is 0.683. The van der Waals surface area contributed by atoms with Gasteiger partial charge in [-0.1, -0.05) is 6.42 Å². The lowest BCUT2D eigenvalue weighted by molar-refractivity contribution is -0.119. The first-order valence-corrected chi connectivity index (χ1v) is 5.18. The Bertz CT molecular complexity index is 173. The van der Waals surface area contributed by atoms with Gasteiger partial charge in [-0.25, -0.2) is 0 Å². The second-order valence-electron chi connectivity index (χ2n) is 3.48. The lowest BCUT2D eigenvalue weighted by Gasteiger charge is -2.03. The zero-order valence-corrected chi connectivity index (χ0v) is 8.13. The summed E-state index contributed by atoms with van der Waals surface area (Å²) in [4.78, 5) is 11.2. The summed E-state index contributed by atoms with van der Waals surface area (Å²) in [6, 6.07) is 0. The first-order valence-electron chi connectivity index (χ1n) is 5.18. The number of carbonyl (C=O) groups excluding carboxylic acids is 1. The monoisotopic (exact) mass is 182 g/mol. The first kappa shape index (κ1) is 10.3. The highest BCUT2D eigenvalue weighted by molar-refractivity contribution is 5.78. The third-order valence-corrected chi connectivity index (χ3v) is 2.24. The third-order valence-electron chi connectivity index (χ3n) is 2.24. The number of hydrogen-bond donors (Lipinski definition) is 0. The molecule has 0 spiro atoms. The van der Waals surface area contributed by atoms with Gasteiger partial charge in [0.05, 0.1) is 12.9 Å². The molecule has 1 aliphatic rings. The van der Waals surface area contributed by atoms with Crippen LogP contribution in [-0.2, 0) is 9.53 Å². The van der Waals surface area contributed by atoms with Crippen LogP contribution in [0.2, 0.25) is 0 Å². The molecule has 0 atom stereocenters. The molecule has 2 nitrogen and oxygen atoms in total. The molecule has 0 bridgehead atoms. The number of Topliss-reactive ketones (excluding diaryl/α,β-unsaturated/α-hetero) is 1. The van der Waals surface area contributed by atoms with Crippen molar-refractivity contribution in [2.24, 2.45) is 0 Å². The average molecular weight is 182 g/mol. The van der Waals surface area contributed by atoms with E-state index >= 15 is 0 Å². The maximum absolute atomic E-state index is 11.2. The predicted octanol–water partition coefficient (Wildman–Crippen LogP) is 2.83. The lowest BCUT2D eigenvalue weighted by Crippen LogP contribution is -2.00. The number of ether oxygens (including phenoxy) is 1. The summed E-state index contributed by atoms with van der Waals surface area (Å²) in [7, 11) is 0. The van der Waals surface area contributed by atoms with Crippen molar-refractivity contribution in [1.82, 2.24) is 0 Å². The largest absolute Gasteiger partial charge is 0.502 e. The van der Waals surface area contributed by atoms with Crippen molar-refractivity contribution in [3.05, 3.63) is 12.3 Å². The topological polar surface area (TPSA) is 26.3 Å². The van der Waals surface area contributed by atoms with Crippen LogP contribution in [-0.4, -0.2) is 12.4 Å². The molecular formula is C11H18O2. The minimum atomic E-state index is 0.396. The minimum Gasteiger partial charge on any atom is -0.502 e. The number of ketones is 1. The molecule has 0 amide bonds. The second kappa shape index (κ2) is 6.70. The highest BCUT2D eigenvalue weighted by Gasteiger charge is 2.01. The van der Waals surface area contributed by atoms with Gasteiger partial charge in [0.1, 0.15) is 5.78 Å². The van der Waals surface area contributed by atoms with Crippen LogP contribution in [0.5, 0.6) is 0 Å². The van der Waals surface area contributed by atoms with E-state index in [4.69, 9.17) is 4.74 Å². The highest BCUT2D eigenvalue weighted by atomic mass is 16.5. The van der Waals surface area contributed by atoms with Gasteiger partial charge >= 0.3 is 0 Å². The Morgan fingerprint density at radius 3 is 2.85 bits per heavy atom. The molecule has 13 heavy (non-hydrogen) atoms. The van der Waals surface area contributed by atoms with Gasteiger partial charge in [-0.3, -0.25) is 4.79 Å². The van der Waals surface area contributed by atoms with Crippen LogP contribution in [0.4, 0.5) is 0 Å². The van der Waals surface area contributed by atoms with Crippen LogP contribution in [0.1, 0.15) is 44.9 Å². The van der Waals surface area contributed by atoms with Gasteiger partial charge in [0, 0.05) is 12.8 Å². The Morgan fingerprint density at radius 1 is 1.08 bits per heavy atom. The first-order chi connectivity index (χ1) is 6.39. The molecule has 74 valence electrons. The molecular weight excluding hydrogens is 164 g/mol. The Morgan fingerprint density at radius 2 is 1.92 bits per heavy atom. The molecule has 0 aromatic heterocycles. The molecule has 1 aliphatic heterocycles. The SMILES string of the molecule is O=C1CCCCC/C=C/OCCC1. The number of hydrogen-bond acceptors (Lipinski definition) is 2. The fraction of sp³-hybridized carbons (Fsp3) is 0.727. The Hall–Kier alpha value is -0.790. The smallest absolute Gasteiger partial charge is 0.133 e. The molecule has 0 saturated carbocycles. The van der Waals surface area contributed by atoms with E-state index in [0.717, 1.165) is 32.1 Å². The molecule has 1 heterocycles. The molecule has 0 aliphatic carbocycles. The van der Waals surface area contributed by atoms with Crippen LogP contribution in [0.15, 0.2) is 12.3 Å². The van der Waals surface area contributed by atoms with E-state index in [1.807, 2.05) is 0 Å². The zero-order valence-electron chi connectivity index (χ0n) is 8.13. The molecule has 2 heteroatoms. The van der Waals surface area contributed by atoms with Gasteiger partial charge in [0.25, 0.3) is 0 Å². The standard InChI is InChI=1S/C11H18O2/c12-11-7-4-2-1-3-5-9-13-10-6-8-11/h5,9H,1-4,6-8,10H2/b9-5+. The van der Waals surface area contributed by atoms with Crippen molar-refractivity contribution >= 4 is 5.78 Å². The number of carbonyl (C=O) groups is 1. The van der Waals surface area contributed by atoms with E-state index in [-0.39, 0.29) is 0 Å². The predicted molar refractivity (Wildman–Crippen MR) is 52.4 cm³/mol. The van der Waals surface area contributed by atoms with E-state index in [1.165, 1.54) is 6.42 Å². The molecule has 0 aromatic rings. The van der Waals surface area contributed by atoms with E-state index in [0.29, 0.717) is 18.8 Å². The van der Waals surface area contributed by atoms with Gasteiger partial charge in [-0.2, -0.15) is 0 Å². The van der Waals surface area contributed by atoms with E-state index in [9.17, 15) is 4.79 Å². The molecule has 1 rings (SSSR count). The fourth-order valence-corrected chi connectivity index (χ4v) is 1.44. The summed E-state index contributed by atoms with van der Waals surface area (Å²) >= 11 is 0. The van der Waals surface area contributed by atoms with Crippen molar-refractivity contribution in [3.8, 4) is 0 Å². The number of rotatable bonds is 0. The van der Waals surface area contributed by atoms with Crippen molar-refractivity contribution < 1.29 is 9.53 Å². The summed E-state index contributed by atoms with van der Waals surface area (Å²) in [5, 5.41) is 0. The van der Waals surface area contributed by atoms with Gasteiger partial charge < -0.3 is 4.74 Å². The molecule has 0 radical (unpaired) electrons. The van der Waals surface area contributed by atoms with Crippen molar-refractivity contribution in [1.29, 1.82) is 0 Å². The van der Waals surface area contributed by atoms with E-state index in [2.05, 4.69) is 6.08 Å². The minimum absolute atomic E-state index is 0.396. The van der Waals surface area contributed by atoms with Crippen molar-refractivity contribution in [2.45, 2.75) is 44.9 Å². The van der Waals surface area contributed by atoms with Crippen LogP contribution in [0.3, 0.4) is 0 Å². The average Bonchev–Trinajstić information content (AvgIpc) is 2.11. The van der Waals surface area contributed by atoms with E-state index < -0.39 is 0 Å². The van der Waals surface area contributed by atoms with Crippen LogP contribution < -0.4 is 0 Å². The molecule has 0 saturated heterocycles. The molecule has 0 fully saturated rings. The molecule has 0 unspecified atom stereocenters. The second-order valence-corrected chi connectivity index (χ2v) is 3.48. The van der Waals surface area contributed by atoms with Crippen molar-refractivity contribution in [3.63, 3.8) is 0 Å². The molecule has 0 aromatic carbocycles. The number of allylic oxidation sites excluding steroid dienone is 1. The van der Waals surface area contributed by atoms with Gasteiger partial charge in [-0.05, 0) is 31.8 Å². The maximum atomic E-state index is 11.2. The van der Waals surface area contributed by atoms with Gasteiger partial charge in [0.2, 0.25) is 0 Å². The lowest BCUT2D eigenvalue weighted by atomic mass is 10.1. The van der Waals surface area contributed by atoms with Crippen molar-refractivity contribution in [2.75, 3.05) is 6.61 Å². The normalized spacial score (nSPS) is 23.8. The molecule has 0 N–H and O–H groups in total. The zero-order chi connectivity index (χ0) is 9.36. The van der Waals surface area contributed by atoms with Crippen LogP contribution in [0, 0.1) is 0 Å². The van der Waals surface area contributed by atoms with E-state index in [1.54, 1.807) is 6.26 Å². The Kier molecular flexibility index (Phi) is 5.30. The summed E-state index contributed by atoms with van der Waals surface area (Å²) < 4.78 is 5.22. The summed E-state index contributed by atoms with van der Waals surface area (Å²) in [5.41, 5.74) is 0. The maximum Gasteiger partial charge on any atom is 0.133 e. The Balaban J connectivity index is 2.24. The Labute approximate surface area is 80.0 Å². The van der Waals surface area contributed by atoms with Crippen LogP contribution in [0.25, 0.3) is 0 Å². The summed E-state index contributed by atoms with van der Waals surface area (Å²) in [5.74, 6) is 0.396. The quantitative estimate of drug-likeness (QED) is 0.576. The van der Waals surface area contributed by atoms with Crippen LogP contribution >= 0.6 is 0 Å².